The maximum Gasteiger partial charge on any atom is 0.0644 e. The van der Waals surface area contributed by atoms with Crippen LogP contribution in [0.15, 0.2) is 0 Å². The lowest BCUT2D eigenvalue weighted by atomic mass is 10.5. The Hall–Kier alpha value is 0.920. The van der Waals surface area contributed by atoms with Crippen molar-refractivity contribution in [3.05, 3.63) is 0 Å². The molecular formula is C5H10Br2O. The Morgan fingerprint density at radius 1 is 1.50 bits per heavy atom. The van der Waals surface area contributed by atoms with E-state index in [-0.39, 0.29) is 0 Å². The summed E-state index contributed by atoms with van der Waals surface area (Å²) in [6, 6.07) is 0. The molecule has 3 heteroatoms. The SMILES string of the molecule is C[C@H](CBr)OCCBr. The summed E-state index contributed by atoms with van der Waals surface area (Å²) in [5.74, 6) is 0. The van der Waals surface area contributed by atoms with Crippen molar-refractivity contribution in [1.82, 2.24) is 0 Å². The third-order valence-electron chi connectivity index (χ3n) is 0.697. The van der Waals surface area contributed by atoms with Gasteiger partial charge in [0.25, 0.3) is 0 Å². The van der Waals surface area contributed by atoms with Crippen molar-refractivity contribution >= 4 is 31.9 Å². The number of halogens is 2. The van der Waals surface area contributed by atoms with Gasteiger partial charge in [-0.15, -0.1) is 0 Å². The highest BCUT2D eigenvalue weighted by molar-refractivity contribution is 9.09. The molecule has 0 rings (SSSR count). The Bertz CT molecular complexity index is 49.7. The van der Waals surface area contributed by atoms with Gasteiger partial charge in [0.15, 0.2) is 0 Å². The van der Waals surface area contributed by atoms with Crippen molar-refractivity contribution in [2.24, 2.45) is 0 Å². The Labute approximate surface area is 67.0 Å². The molecule has 0 amide bonds. The molecule has 0 aliphatic rings. The summed E-state index contributed by atoms with van der Waals surface area (Å²) >= 11 is 6.57. The fourth-order valence-corrected chi connectivity index (χ4v) is 0.664. The van der Waals surface area contributed by atoms with Gasteiger partial charge in [0, 0.05) is 10.7 Å². The predicted octanol–water partition coefficient (Wildman–Crippen LogP) is 2.18. The molecule has 0 aromatic carbocycles. The van der Waals surface area contributed by atoms with Crippen molar-refractivity contribution in [3.63, 3.8) is 0 Å². The molecule has 0 spiro atoms. The summed E-state index contributed by atoms with van der Waals surface area (Å²) in [6.07, 6.45) is 0.340. The standard InChI is InChI=1S/C5H10Br2O/c1-5(4-7)8-3-2-6/h5H,2-4H2,1H3/t5-/m1/s1. The predicted molar refractivity (Wildman–Crippen MR) is 43.0 cm³/mol. The molecule has 0 saturated carbocycles. The molecule has 0 saturated heterocycles. The Kier molecular flexibility index (Phi) is 6.74. The second-order valence-electron chi connectivity index (χ2n) is 1.52. The average molecular weight is 246 g/mol. The lowest BCUT2D eigenvalue weighted by Crippen LogP contribution is -2.10. The van der Waals surface area contributed by atoms with E-state index in [4.69, 9.17) is 4.74 Å². The first kappa shape index (κ1) is 8.92. The molecular weight excluding hydrogens is 236 g/mol. The lowest BCUT2D eigenvalue weighted by molar-refractivity contribution is 0.0967. The van der Waals surface area contributed by atoms with Gasteiger partial charge in [-0.2, -0.15) is 0 Å². The summed E-state index contributed by atoms with van der Waals surface area (Å²) in [6.45, 7) is 2.84. The van der Waals surface area contributed by atoms with Crippen LogP contribution in [0.1, 0.15) is 6.92 Å². The number of hydrogen-bond donors (Lipinski definition) is 0. The summed E-state index contributed by atoms with van der Waals surface area (Å²) < 4.78 is 5.25. The van der Waals surface area contributed by atoms with Gasteiger partial charge in [0.1, 0.15) is 0 Å². The summed E-state index contributed by atoms with van der Waals surface area (Å²) in [5.41, 5.74) is 0. The van der Waals surface area contributed by atoms with Gasteiger partial charge in [0.05, 0.1) is 12.7 Å². The molecule has 1 atom stereocenters. The first-order valence-electron chi connectivity index (χ1n) is 2.54. The summed E-state index contributed by atoms with van der Waals surface area (Å²) in [5, 5.41) is 1.84. The van der Waals surface area contributed by atoms with Gasteiger partial charge in [-0.05, 0) is 6.92 Å². The van der Waals surface area contributed by atoms with Crippen LogP contribution in [0.3, 0.4) is 0 Å². The molecule has 0 unspecified atom stereocenters. The quantitative estimate of drug-likeness (QED) is 0.690. The molecule has 8 heavy (non-hydrogen) atoms. The summed E-state index contributed by atoms with van der Waals surface area (Å²) in [7, 11) is 0. The van der Waals surface area contributed by atoms with Crippen LogP contribution in [0.5, 0.6) is 0 Å². The van der Waals surface area contributed by atoms with Crippen LogP contribution in [0.4, 0.5) is 0 Å². The van der Waals surface area contributed by atoms with Gasteiger partial charge < -0.3 is 4.74 Å². The zero-order valence-corrected chi connectivity index (χ0v) is 8.03. The number of hydrogen-bond acceptors (Lipinski definition) is 1. The van der Waals surface area contributed by atoms with Gasteiger partial charge >= 0.3 is 0 Å². The fourth-order valence-electron chi connectivity index (χ4n) is 0.290. The number of rotatable bonds is 4. The van der Waals surface area contributed by atoms with Crippen molar-refractivity contribution in [3.8, 4) is 0 Å². The van der Waals surface area contributed by atoms with Crippen LogP contribution in [0.2, 0.25) is 0 Å². The van der Waals surface area contributed by atoms with Gasteiger partial charge in [-0.25, -0.2) is 0 Å². The van der Waals surface area contributed by atoms with E-state index in [1.54, 1.807) is 0 Å². The Morgan fingerprint density at radius 2 is 2.12 bits per heavy atom. The lowest BCUT2D eigenvalue weighted by Gasteiger charge is -2.06. The van der Waals surface area contributed by atoms with Gasteiger partial charge in [-0.3, -0.25) is 0 Å². The van der Waals surface area contributed by atoms with Crippen LogP contribution in [-0.2, 0) is 4.74 Å². The topological polar surface area (TPSA) is 9.23 Å². The van der Waals surface area contributed by atoms with Crippen LogP contribution >= 0.6 is 31.9 Å². The minimum absolute atomic E-state index is 0.340. The van der Waals surface area contributed by atoms with E-state index in [2.05, 4.69) is 31.9 Å². The maximum atomic E-state index is 5.25. The minimum Gasteiger partial charge on any atom is -0.377 e. The molecule has 0 aromatic heterocycles. The molecule has 0 radical (unpaired) electrons. The fraction of sp³-hybridized carbons (Fsp3) is 1.00. The van der Waals surface area contributed by atoms with E-state index in [1.165, 1.54) is 0 Å². The third kappa shape index (κ3) is 5.06. The normalized spacial score (nSPS) is 13.9. The molecule has 0 aliphatic carbocycles. The van der Waals surface area contributed by atoms with Crippen LogP contribution in [-0.4, -0.2) is 23.4 Å². The van der Waals surface area contributed by atoms with E-state index in [1.807, 2.05) is 6.92 Å². The second kappa shape index (κ2) is 6.05. The highest BCUT2D eigenvalue weighted by atomic mass is 79.9. The average Bonchev–Trinajstić information content (AvgIpc) is 1.83. The van der Waals surface area contributed by atoms with Crippen LogP contribution in [0, 0.1) is 0 Å². The minimum atomic E-state index is 0.340. The zero-order chi connectivity index (χ0) is 6.41. The monoisotopic (exact) mass is 244 g/mol. The smallest absolute Gasteiger partial charge is 0.0644 e. The highest BCUT2D eigenvalue weighted by Crippen LogP contribution is 1.95. The molecule has 0 aliphatic heterocycles. The van der Waals surface area contributed by atoms with Crippen LogP contribution < -0.4 is 0 Å². The van der Waals surface area contributed by atoms with Gasteiger partial charge in [-0.1, -0.05) is 31.9 Å². The highest BCUT2D eigenvalue weighted by Gasteiger charge is 1.95. The first-order valence-corrected chi connectivity index (χ1v) is 4.79. The van der Waals surface area contributed by atoms with Crippen LogP contribution in [0.25, 0.3) is 0 Å². The van der Waals surface area contributed by atoms with Crippen molar-refractivity contribution in [2.45, 2.75) is 13.0 Å². The van der Waals surface area contributed by atoms with E-state index < -0.39 is 0 Å². The Morgan fingerprint density at radius 3 is 2.50 bits per heavy atom. The van der Waals surface area contributed by atoms with E-state index in [0.29, 0.717) is 6.10 Å². The van der Waals surface area contributed by atoms with E-state index in [0.717, 1.165) is 17.3 Å². The summed E-state index contributed by atoms with van der Waals surface area (Å²) in [4.78, 5) is 0. The molecule has 0 heterocycles. The Balaban J connectivity index is 2.86. The molecule has 50 valence electrons. The molecule has 1 nitrogen and oxygen atoms in total. The van der Waals surface area contributed by atoms with Crippen molar-refractivity contribution in [2.75, 3.05) is 17.3 Å². The maximum absolute atomic E-state index is 5.25. The molecule has 0 bridgehead atoms. The van der Waals surface area contributed by atoms with E-state index >= 15 is 0 Å². The third-order valence-corrected chi connectivity index (χ3v) is 1.93. The molecule has 0 fully saturated rings. The largest absolute Gasteiger partial charge is 0.377 e. The van der Waals surface area contributed by atoms with E-state index in [9.17, 15) is 0 Å². The zero-order valence-electron chi connectivity index (χ0n) is 4.86. The first-order chi connectivity index (χ1) is 3.81. The molecule has 0 N–H and O–H groups in total. The number of alkyl halides is 2. The van der Waals surface area contributed by atoms with Crippen molar-refractivity contribution in [1.29, 1.82) is 0 Å². The second-order valence-corrected chi connectivity index (χ2v) is 2.97. The van der Waals surface area contributed by atoms with Gasteiger partial charge in [0.2, 0.25) is 0 Å². The van der Waals surface area contributed by atoms with Crippen molar-refractivity contribution < 1.29 is 4.74 Å². The number of ether oxygens (including phenoxy) is 1. The molecule has 0 aromatic rings.